The molecule has 0 N–H and O–H groups in total. The maximum atomic E-state index is 13.8. The zero-order chi connectivity index (χ0) is 22.7. The van der Waals surface area contributed by atoms with Crippen LogP contribution >= 0.6 is 11.3 Å². The van der Waals surface area contributed by atoms with E-state index in [1.165, 1.54) is 5.56 Å². The van der Waals surface area contributed by atoms with Crippen LogP contribution in [-0.2, 0) is 11.2 Å². The number of ether oxygens (including phenoxy) is 1. The number of thiazole rings is 1. The summed E-state index contributed by atoms with van der Waals surface area (Å²) >= 11 is 1.60. The summed E-state index contributed by atoms with van der Waals surface area (Å²) in [6.07, 6.45) is 1.87. The molecule has 32 heavy (non-hydrogen) atoms. The van der Waals surface area contributed by atoms with Crippen LogP contribution < -0.4 is 4.90 Å². The molecule has 8 heteroatoms. The fraction of sp³-hybridized carbons (Fsp3) is 0.542. The second-order valence-corrected chi connectivity index (χ2v) is 9.63. The molecule has 2 aromatic heterocycles. The van der Waals surface area contributed by atoms with Crippen LogP contribution in [0.4, 0.5) is 5.13 Å². The number of aryl methyl sites for hydroxylation is 2. The van der Waals surface area contributed by atoms with Gasteiger partial charge in [-0.2, -0.15) is 5.10 Å². The number of carbonyl (C=O) groups excluding carboxylic acids is 1. The zero-order valence-electron chi connectivity index (χ0n) is 19.5. The third kappa shape index (κ3) is 5.03. The van der Waals surface area contributed by atoms with Gasteiger partial charge >= 0.3 is 0 Å². The minimum atomic E-state index is -0.0314. The highest BCUT2D eigenvalue weighted by atomic mass is 32.1. The van der Waals surface area contributed by atoms with Crippen LogP contribution in [0.15, 0.2) is 24.3 Å². The predicted molar refractivity (Wildman–Crippen MR) is 130 cm³/mol. The van der Waals surface area contributed by atoms with Gasteiger partial charge in [-0.3, -0.25) is 19.3 Å². The van der Waals surface area contributed by atoms with E-state index >= 15 is 0 Å². The van der Waals surface area contributed by atoms with Gasteiger partial charge in [-0.15, -0.1) is 0 Å². The van der Waals surface area contributed by atoms with E-state index in [2.05, 4.69) is 49.0 Å². The molecule has 1 aromatic carbocycles. The number of carbonyl (C=O) groups is 1. The normalized spacial score (nSPS) is 15.0. The second kappa shape index (κ2) is 10.1. The molecular weight excluding hydrogens is 422 g/mol. The first-order valence-corrected chi connectivity index (χ1v) is 12.4. The van der Waals surface area contributed by atoms with Crippen LogP contribution in [0, 0.1) is 6.92 Å². The molecule has 3 heterocycles. The summed E-state index contributed by atoms with van der Waals surface area (Å²) < 4.78 is 8.41. The van der Waals surface area contributed by atoms with Gasteiger partial charge in [0.05, 0.1) is 29.1 Å². The van der Waals surface area contributed by atoms with Crippen molar-refractivity contribution >= 4 is 32.6 Å². The molecule has 0 atom stereocenters. The number of fused-ring (bicyclic) bond motifs is 1. The number of anilines is 1. The number of hydrogen-bond acceptors (Lipinski definition) is 6. The number of aromatic nitrogens is 3. The van der Waals surface area contributed by atoms with Crippen molar-refractivity contribution in [3.05, 3.63) is 41.2 Å². The van der Waals surface area contributed by atoms with E-state index in [-0.39, 0.29) is 11.9 Å². The molecule has 1 aliphatic rings. The van der Waals surface area contributed by atoms with Crippen molar-refractivity contribution in [2.24, 2.45) is 0 Å². The maximum Gasteiger partial charge on any atom is 0.278 e. The summed E-state index contributed by atoms with van der Waals surface area (Å²) in [5.41, 5.74) is 3.71. The molecule has 0 radical (unpaired) electrons. The lowest BCUT2D eigenvalue weighted by molar-refractivity contribution is 0.0376. The standard InChI is InChI=1S/C24H33N5O2S/c1-5-19-7-8-20-22(16-19)32-24(25-20)28(10-6-9-27-11-13-31-14-12-27)23(30)21-15-18(4)26-29(21)17(2)3/h7-8,15-17H,5-6,9-14H2,1-4H3. The van der Waals surface area contributed by atoms with Crippen molar-refractivity contribution in [1.29, 1.82) is 0 Å². The van der Waals surface area contributed by atoms with E-state index in [4.69, 9.17) is 9.72 Å². The van der Waals surface area contributed by atoms with Gasteiger partial charge in [0.25, 0.3) is 5.91 Å². The summed E-state index contributed by atoms with van der Waals surface area (Å²) in [5.74, 6) is -0.0314. The molecule has 1 aliphatic heterocycles. The number of rotatable bonds is 8. The van der Waals surface area contributed by atoms with Crippen LogP contribution in [0.1, 0.15) is 55.0 Å². The van der Waals surface area contributed by atoms with Gasteiger partial charge < -0.3 is 4.74 Å². The third-order valence-corrected chi connectivity index (χ3v) is 6.89. The van der Waals surface area contributed by atoms with E-state index in [0.29, 0.717) is 12.2 Å². The van der Waals surface area contributed by atoms with Crippen molar-refractivity contribution in [1.82, 2.24) is 19.7 Å². The van der Waals surface area contributed by atoms with E-state index in [9.17, 15) is 4.79 Å². The maximum absolute atomic E-state index is 13.8. The number of hydrogen-bond donors (Lipinski definition) is 0. The Hall–Kier alpha value is -2.29. The van der Waals surface area contributed by atoms with Crippen LogP contribution in [0.5, 0.6) is 0 Å². The Bertz CT molecular complexity index is 1070. The van der Waals surface area contributed by atoms with Crippen LogP contribution in [0.2, 0.25) is 0 Å². The van der Waals surface area contributed by atoms with E-state index < -0.39 is 0 Å². The summed E-state index contributed by atoms with van der Waals surface area (Å²) in [4.78, 5) is 22.9. The van der Waals surface area contributed by atoms with Crippen molar-refractivity contribution in [3.8, 4) is 0 Å². The molecule has 1 saturated heterocycles. The van der Waals surface area contributed by atoms with Gasteiger partial charge in [0.1, 0.15) is 5.69 Å². The quantitative estimate of drug-likeness (QED) is 0.506. The Labute approximate surface area is 194 Å². The summed E-state index contributed by atoms with van der Waals surface area (Å²) in [5, 5.41) is 5.32. The van der Waals surface area contributed by atoms with E-state index in [1.807, 2.05) is 22.6 Å². The molecule has 0 spiro atoms. The topological polar surface area (TPSA) is 63.5 Å². The lowest BCUT2D eigenvalue weighted by atomic mass is 10.2. The van der Waals surface area contributed by atoms with Crippen LogP contribution in [-0.4, -0.2) is 65.0 Å². The first-order valence-electron chi connectivity index (χ1n) is 11.5. The highest BCUT2D eigenvalue weighted by Gasteiger charge is 2.26. The van der Waals surface area contributed by atoms with Gasteiger partial charge in [-0.25, -0.2) is 4.98 Å². The smallest absolute Gasteiger partial charge is 0.278 e. The van der Waals surface area contributed by atoms with E-state index in [0.717, 1.165) is 66.7 Å². The minimum Gasteiger partial charge on any atom is -0.379 e. The average molecular weight is 456 g/mol. The Morgan fingerprint density at radius 2 is 2.03 bits per heavy atom. The summed E-state index contributed by atoms with van der Waals surface area (Å²) in [7, 11) is 0. The van der Waals surface area contributed by atoms with Crippen molar-refractivity contribution in [2.45, 2.75) is 46.6 Å². The molecule has 7 nitrogen and oxygen atoms in total. The number of amides is 1. The zero-order valence-corrected chi connectivity index (χ0v) is 20.3. The molecule has 1 fully saturated rings. The van der Waals surface area contributed by atoms with Gasteiger partial charge in [-0.05, 0) is 57.4 Å². The van der Waals surface area contributed by atoms with Crippen molar-refractivity contribution < 1.29 is 9.53 Å². The summed E-state index contributed by atoms with van der Waals surface area (Å²) in [6, 6.07) is 8.37. The van der Waals surface area contributed by atoms with Crippen molar-refractivity contribution in [3.63, 3.8) is 0 Å². The fourth-order valence-electron chi connectivity index (χ4n) is 4.06. The van der Waals surface area contributed by atoms with Crippen molar-refractivity contribution in [2.75, 3.05) is 44.3 Å². The lowest BCUT2D eigenvalue weighted by Gasteiger charge is -2.28. The Kier molecular flexibility index (Phi) is 7.23. The molecule has 0 bridgehead atoms. The number of benzene rings is 1. The van der Waals surface area contributed by atoms with Gasteiger partial charge in [0.15, 0.2) is 5.13 Å². The molecule has 1 amide bonds. The molecule has 0 unspecified atom stereocenters. The van der Waals surface area contributed by atoms with Gasteiger partial charge in [0.2, 0.25) is 0 Å². The number of nitrogens with zero attached hydrogens (tertiary/aromatic N) is 5. The SMILES string of the molecule is CCc1ccc2nc(N(CCCN3CCOCC3)C(=O)c3cc(C)nn3C(C)C)sc2c1. The molecule has 0 saturated carbocycles. The first-order chi connectivity index (χ1) is 15.5. The molecule has 0 aliphatic carbocycles. The average Bonchev–Trinajstić information content (AvgIpc) is 3.40. The first kappa shape index (κ1) is 22.9. The van der Waals surface area contributed by atoms with Crippen LogP contribution in [0.3, 0.4) is 0 Å². The molecular formula is C24H33N5O2S. The number of morpholine rings is 1. The predicted octanol–water partition coefficient (Wildman–Crippen LogP) is 4.31. The van der Waals surface area contributed by atoms with Gasteiger partial charge in [-0.1, -0.05) is 24.3 Å². The highest BCUT2D eigenvalue weighted by Crippen LogP contribution is 2.31. The highest BCUT2D eigenvalue weighted by molar-refractivity contribution is 7.22. The molecule has 4 rings (SSSR count). The minimum absolute atomic E-state index is 0.0314. The second-order valence-electron chi connectivity index (χ2n) is 8.63. The summed E-state index contributed by atoms with van der Waals surface area (Å²) in [6.45, 7) is 13.2. The Morgan fingerprint density at radius 1 is 1.25 bits per heavy atom. The lowest BCUT2D eigenvalue weighted by Crippen LogP contribution is -2.39. The largest absolute Gasteiger partial charge is 0.379 e. The van der Waals surface area contributed by atoms with E-state index in [1.54, 1.807) is 11.3 Å². The van der Waals surface area contributed by atoms with Crippen LogP contribution in [0.25, 0.3) is 10.2 Å². The molecule has 3 aromatic rings. The molecule has 172 valence electrons. The monoisotopic (exact) mass is 455 g/mol. The van der Waals surface area contributed by atoms with Gasteiger partial charge in [0, 0.05) is 32.2 Å². The third-order valence-electron chi connectivity index (χ3n) is 5.85. The Balaban J connectivity index is 1.62. The Morgan fingerprint density at radius 3 is 2.75 bits per heavy atom. The fourth-order valence-corrected chi connectivity index (χ4v) is 5.12.